The Hall–Kier alpha value is -1.06. The van der Waals surface area contributed by atoms with Gasteiger partial charge in [0, 0.05) is 18.1 Å². The molecule has 1 N–H and O–H groups in total. The van der Waals surface area contributed by atoms with Crippen molar-refractivity contribution in [2.24, 2.45) is 0 Å². The van der Waals surface area contributed by atoms with Crippen molar-refractivity contribution in [2.45, 2.75) is 49.9 Å². The van der Waals surface area contributed by atoms with Crippen LogP contribution in [0.1, 0.15) is 42.9 Å². The Balaban J connectivity index is 1.61. The highest BCUT2D eigenvalue weighted by molar-refractivity contribution is 6.42. The van der Waals surface area contributed by atoms with E-state index in [2.05, 4.69) is 53.7 Å². The predicted octanol–water partition coefficient (Wildman–Crippen LogP) is 5.30. The van der Waals surface area contributed by atoms with Gasteiger partial charge in [-0.15, -0.1) is 0 Å². The molecule has 2 aromatic carbocycles. The fraction of sp³-hybridized carbons (Fsp3) is 0.429. The molecule has 2 saturated heterocycles. The number of nitrogens with one attached hydrogen (secondary N) is 1. The molecule has 2 aliphatic rings. The SMILES string of the molecule is CN1C2CCC1CC(NC(c1ccccc1)c1ccc(Cl)c(Cl)c1)C2. The maximum absolute atomic E-state index is 6.30. The summed E-state index contributed by atoms with van der Waals surface area (Å²) in [5.74, 6) is 0. The van der Waals surface area contributed by atoms with Crippen LogP contribution in [-0.2, 0) is 0 Å². The summed E-state index contributed by atoms with van der Waals surface area (Å²) in [4.78, 5) is 2.58. The first-order valence-electron chi connectivity index (χ1n) is 9.09. The molecule has 0 radical (unpaired) electrons. The first-order valence-corrected chi connectivity index (χ1v) is 9.85. The van der Waals surface area contributed by atoms with E-state index in [0.29, 0.717) is 16.1 Å². The number of nitrogens with zero attached hydrogens (tertiary/aromatic N) is 1. The summed E-state index contributed by atoms with van der Waals surface area (Å²) >= 11 is 12.4. The summed E-state index contributed by atoms with van der Waals surface area (Å²) in [5.41, 5.74) is 2.44. The maximum atomic E-state index is 6.30. The van der Waals surface area contributed by atoms with Crippen LogP contribution in [0.15, 0.2) is 48.5 Å². The zero-order valence-corrected chi connectivity index (χ0v) is 16.0. The molecule has 2 heterocycles. The van der Waals surface area contributed by atoms with Crippen LogP contribution in [0.2, 0.25) is 10.0 Å². The molecule has 4 heteroatoms. The van der Waals surface area contributed by atoms with Crippen molar-refractivity contribution in [3.05, 3.63) is 69.7 Å². The second-order valence-electron chi connectivity index (χ2n) is 7.40. The number of hydrogen-bond donors (Lipinski definition) is 1. The molecule has 2 fully saturated rings. The van der Waals surface area contributed by atoms with Crippen molar-refractivity contribution >= 4 is 23.2 Å². The zero-order valence-electron chi connectivity index (χ0n) is 14.5. The van der Waals surface area contributed by atoms with E-state index < -0.39 is 0 Å². The van der Waals surface area contributed by atoms with Gasteiger partial charge in [-0.3, -0.25) is 0 Å². The van der Waals surface area contributed by atoms with Crippen LogP contribution < -0.4 is 5.32 Å². The number of rotatable bonds is 4. The Morgan fingerprint density at radius 3 is 2.24 bits per heavy atom. The number of hydrogen-bond acceptors (Lipinski definition) is 2. The van der Waals surface area contributed by atoms with E-state index in [9.17, 15) is 0 Å². The molecule has 3 unspecified atom stereocenters. The summed E-state index contributed by atoms with van der Waals surface area (Å²) in [6.07, 6.45) is 5.11. The minimum Gasteiger partial charge on any atom is -0.303 e. The van der Waals surface area contributed by atoms with Crippen molar-refractivity contribution in [1.29, 1.82) is 0 Å². The maximum Gasteiger partial charge on any atom is 0.0595 e. The number of piperidine rings is 1. The number of fused-ring (bicyclic) bond motifs is 2. The van der Waals surface area contributed by atoms with Crippen molar-refractivity contribution in [3.63, 3.8) is 0 Å². The Morgan fingerprint density at radius 2 is 1.60 bits per heavy atom. The number of halogens is 2. The second kappa shape index (κ2) is 7.28. The summed E-state index contributed by atoms with van der Waals surface area (Å²) < 4.78 is 0. The zero-order chi connectivity index (χ0) is 17.4. The van der Waals surface area contributed by atoms with Gasteiger partial charge in [-0.05, 0) is 56.0 Å². The van der Waals surface area contributed by atoms with Crippen molar-refractivity contribution in [2.75, 3.05) is 7.05 Å². The molecular weight excluding hydrogens is 351 g/mol. The standard InChI is InChI=1S/C21H24Cl2N2/c1-25-17-8-9-18(25)13-16(12-17)24-21(14-5-3-2-4-6-14)15-7-10-19(22)20(23)11-15/h2-7,10-11,16-18,21,24H,8-9,12-13H2,1H3. The molecular formula is C21H24Cl2N2. The van der Waals surface area contributed by atoms with E-state index >= 15 is 0 Å². The lowest BCUT2D eigenvalue weighted by atomic mass is 9.93. The van der Waals surface area contributed by atoms with Crippen molar-refractivity contribution < 1.29 is 0 Å². The Kier molecular flexibility index (Phi) is 5.06. The third-order valence-electron chi connectivity index (χ3n) is 5.91. The van der Waals surface area contributed by atoms with Crippen molar-refractivity contribution in [3.8, 4) is 0 Å². The topological polar surface area (TPSA) is 15.3 Å². The average Bonchev–Trinajstić information content (AvgIpc) is 2.84. The predicted molar refractivity (Wildman–Crippen MR) is 105 cm³/mol. The molecule has 2 bridgehead atoms. The molecule has 0 aliphatic carbocycles. The molecule has 132 valence electrons. The van der Waals surface area contributed by atoms with Gasteiger partial charge in [0.15, 0.2) is 0 Å². The molecule has 2 aliphatic heterocycles. The van der Waals surface area contributed by atoms with Gasteiger partial charge in [0.2, 0.25) is 0 Å². The minimum atomic E-state index is 0.142. The van der Waals surface area contributed by atoms with Gasteiger partial charge < -0.3 is 10.2 Å². The molecule has 25 heavy (non-hydrogen) atoms. The fourth-order valence-electron chi connectivity index (χ4n) is 4.51. The normalized spacial score (nSPS) is 27.4. The van der Waals surface area contributed by atoms with Gasteiger partial charge in [0.05, 0.1) is 16.1 Å². The number of benzene rings is 2. The lowest BCUT2D eigenvalue weighted by molar-refractivity contribution is 0.145. The quantitative estimate of drug-likeness (QED) is 0.780. The fourth-order valence-corrected chi connectivity index (χ4v) is 4.81. The molecule has 2 aromatic rings. The first kappa shape index (κ1) is 17.4. The lowest BCUT2D eigenvalue weighted by Gasteiger charge is -2.38. The highest BCUT2D eigenvalue weighted by Crippen LogP contribution is 2.36. The Bertz CT molecular complexity index is 720. The van der Waals surface area contributed by atoms with E-state index in [1.807, 2.05) is 12.1 Å². The van der Waals surface area contributed by atoms with E-state index in [-0.39, 0.29) is 6.04 Å². The lowest BCUT2D eigenvalue weighted by Crippen LogP contribution is -2.48. The summed E-state index contributed by atoms with van der Waals surface area (Å²) in [7, 11) is 2.28. The van der Waals surface area contributed by atoms with Crippen LogP contribution in [0, 0.1) is 0 Å². The molecule has 0 aromatic heterocycles. The second-order valence-corrected chi connectivity index (χ2v) is 8.22. The highest BCUT2D eigenvalue weighted by atomic mass is 35.5. The monoisotopic (exact) mass is 374 g/mol. The first-order chi connectivity index (χ1) is 12.1. The smallest absolute Gasteiger partial charge is 0.0595 e. The van der Waals surface area contributed by atoms with Crippen LogP contribution in [0.5, 0.6) is 0 Å². The van der Waals surface area contributed by atoms with Crippen LogP contribution in [0.4, 0.5) is 0 Å². The van der Waals surface area contributed by atoms with Crippen molar-refractivity contribution in [1.82, 2.24) is 10.2 Å². The molecule has 3 atom stereocenters. The molecule has 2 nitrogen and oxygen atoms in total. The van der Waals surface area contributed by atoms with Crippen LogP contribution >= 0.6 is 23.2 Å². The molecule has 0 spiro atoms. The van der Waals surface area contributed by atoms with Gasteiger partial charge in [0.1, 0.15) is 0 Å². The Labute approximate surface area is 160 Å². The largest absolute Gasteiger partial charge is 0.303 e. The third kappa shape index (κ3) is 3.59. The minimum absolute atomic E-state index is 0.142. The summed E-state index contributed by atoms with van der Waals surface area (Å²) in [5, 5.41) is 5.15. The van der Waals surface area contributed by atoms with Gasteiger partial charge >= 0.3 is 0 Å². The molecule has 0 amide bonds. The van der Waals surface area contributed by atoms with Gasteiger partial charge in [-0.1, -0.05) is 59.6 Å². The summed E-state index contributed by atoms with van der Waals surface area (Å²) in [6.45, 7) is 0. The van der Waals surface area contributed by atoms with Crippen LogP contribution in [0.25, 0.3) is 0 Å². The van der Waals surface area contributed by atoms with E-state index in [4.69, 9.17) is 23.2 Å². The molecule has 4 rings (SSSR count). The van der Waals surface area contributed by atoms with E-state index in [1.165, 1.54) is 36.8 Å². The summed E-state index contributed by atoms with van der Waals surface area (Å²) in [6, 6.07) is 18.7. The average molecular weight is 375 g/mol. The van der Waals surface area contributed by atoms with Crippen LogP contribution in [-0.4, -0.2) is 30.1 Å². The highest BCUT2D eigenvalue weighted by Gasteiger charge is 2.39. The Morgan fingerprint density at radius 1 is 0.920 bits per heavy atom. The van der Waals surface area contributed by atoms with Gasteiger partial charge in [-0.25, -0.2) is 0 Å². The third-order valence-corrected chi connectivity index (χ3v) is 6.65. The van der Waals surface area contributed by atoms with Gasteiger partial charge in [-0.2, -0.15) is 0 Å². The van der Waals surface area contributed by atoms with E-state index in [1.54, 1.807) is 0 Å². The molecule has 0 saturated carbocycles. The van der Waals surface area contributed by atoms with Gasteiger partial charge in [0.25, 0.3) is 0 Å². The van der Waals surface area contributed by atoms with Crippen LogP contribution in [0.3, 0.4) is 0 Å². The van der Waals surface area contributed by atoms with E-state index in [0.717, 1.165) is 12.1 Å².